The van der Waals surface area contributed by atoms with Crippen molar-refractivity contribution in [2.75, 3.05) is 27.9 Å². The van der Waals surface area contributed by atoms with Gasteiger partial charge in [0.05, 0.1) is 27.0 Å². The van der Waals surface area contributed by atoms with Crippen LogP contribution >= 0.6 is 0 Å². The van der Waals surface area contributed by atoms with E-state index in [0.29, 0.717) is 28.9 Å². The third-order valence-corrected chi connectivity index (χ3v) is 5.54. The van der Waals surface area contributed by atoms with E-state index in [9.17, 15) is 4.79 Å². The fourth-order valence-corrected chi connectivity index (χ4v) is 3.82. The van der Waals surface area contributed by atoms with Crippen LogP contribution in [-0.2, 0) is 9.53 Å². The number of rotatable bonds is 9. The van der Waals surface area contributed by atoms with Crippen LogP contribution in [0, 0.1) is 0 Å². The molecule has 0 spiro atoms. The third-order valence-electron chi connectivity index (χ3n) is 5.54. The van der Waals surface area contributed by atoms with Crippen molar-refractivity contribution >= 4 is 23.6 Å². The molecule has 1 aliphatic heterocycles. The van der Waals surface area contributed by atoms with E-state index in [1.165, 1.54) is 0 Å². The van der Waals surface area contributed by atoms with Crippen molar-refractivity contribution in [3.8, 4) is 17.2 Å². The Kier molecular flexibility index (Phi) is 7.97. The van der Waals surface area contributed by atoms with Gasteiger partial charge < -0.3 is 24.3 Å². The van der Waals surface area contributed by atoms with Gasteiger partial charge in [-0.2, -0.15) is 5.10 Å². The number of ether oxygens (including phenoxy) is 4. The van der Waals surface area contributed by atoms with Gasteiger partial charge in [0, 0.05) is 11.8 Å². The van der Waals surface area contributed by atoms with E-state index in [4.69, 9.17) is 18.9 Å². The predicted octanol–water partition coefficient (Wildman–Crippen LogP) is 4.42. The quantitative estimate of drug-likeness (QED) is 0.485. The summed E-state index contributed by atoms with van der Waals surface area (Å²) in [7, 11) is 4.67. The molecule has 0 bridgehead atoms. The maximum absolute atomic E-state index is 12.4. The Morgan fingerprint density at radius 1 is 0.889 bits per heavy atom. The van der Waals surface area contributed by atoms with Crippen LogP contribution in [0.2, 0.25) is 0 Å². The van der Waals surface area contributed by atoms with Gasteiger partial charge in [0.1, 0.15) is 5.92 Å². The molecule has 0 aliphatic carbocycles. The van der Waals surface area contributed by atoms with Crippen molar-refractivity contribution in [2.24, 2.45) is 10.2 Å². The highest BCUT2D eigenvalue weighted by molar-refractivity contribution is 6.20. The average Bonchev–Trinajstić information content (AvgIpc) is 3.36. The zero-order valence-electron chi connectivity index (χ0n) is 20.3. The summed E-state index contributed by atoms with van der Waals surface area (Å²) >= 11 is 0. The second-order valence-electron chi connectivity index (χ2n) is 7.78. The molecule has 1 amide bonds. The lowest BCUT2D eigenvalue weighted by atomic mass is 9.90. The van der Waals surface area contributed by atoms with Crippen molar-refractivity contribution in [1.82, 2.24) is 5.32 Å². The molecule has 8 heteroatoms. The highest BCUT2D eigenvalue weighted by Gasteiger charge is 2.33. The minimum atomic E-state index is -0.415. The first-order chi connectivity index (χ1) is 17.6. The molecule has 1 aliphatic rings. The summed E-state index contributed by atoms with van der Waals surface area (Å²) in [6.07, 6.45) is 3.40. The number of nitrogens with one attached hydrogen (secondary N) is 1. The molecule has 1 N–H and O–H groups in total. The monoisotopic (exact) mass is 485 g/mol. The molecule has 36 heavy (non-hydrogen) atoms. The molecule has 8 nitrogen and oxygen atoms in total. The fraction of sp³-hybridized carbons (Fsp3) is 0.179. The van der Waals surface area contributed by atoms with Gasteiger partial charge in [-0.1, -0.05) is 60.7 Å². The molecule has 3 aromatic rings. The summed E-state index contributed by atoms with van der Waals surface area (Å²) in [6.45, 7) is -0.209. The van der Waals surface area contributed by atoms with Gasteiger partial charge in [-0.25, -0.2) is 0 Å². The van der Waals surface area contributed by atoms with E-state index in [2.05, 4.69) is 15.5 Å². The molecule has 1 unspecified atom stereocenters. The molecule has 3 aromatic carbocycles. The van der Waals surface area contributed by atoms with Crippen LogP contribution in [0.4, 0.5) is 0 Å². The summed E-state index contributed by atoms with van der Waals surface area (Å²) in [6, 6.07) is 23.0. The Balaban J connectivity index is 1.52. The number of benzene rings is 3. The molecule has 0 aromatic heterocycles. The normalized spacial score (nSPS) is 14.7. The van der Waals surface area contributed by atoms with Gasteiger partial charge in [-0.15, -0.1) is 5.10 Å². The van der Waals surface area contributed by atoms with Crippen molar-refractivity contribution < 1.29 is 23.7 Å². The largest absolute Gasteiger partial charge is 0.493 e. The maximum Gasteiger partial charge on any atom is 0.261 e. The molecule has 0 radical (unpaired) electrons. The lowest BCUT2D eigenvalue weighted by Gasteiger charge is -2.19. The number of carbonyl (C=O) groups excluding carboxylic acids is 1. The first-order valence-electron chi connectivity index (χ1n) is 11.3. The van der Waals surface area contributed by atoms with Crippen molar-refractivity contribution in [3.63, 3.8) is 0 Å². The lowest BCUT2D eigenvalue weighted by Crippen LogP contribution is -2.28. The summed E-state index contributed by atoms with van der Waals surface area (Å²) < 4.78 is 22.3. The Morgan fingerprint density at radius 2 is 1.53 bits per heavy atom. The van der Waals surface area contributed by atoms with Crippen LogP contribution < -0.4 is 19.5 Å². The second kappa shape index (κ2) is 11.7. The minimum Gasteiger partial charge on any atom is -0.493 e. The second-order valence-corrected chi connectivity index (χ2v) is 7.78. The van der Waals surface area contributed by atoms with Gasteiger partial charge in [0.2, 0.25) is 11.6 Å². The number of hydrogen-bond acceptors (Lipinski definition) is 7. The average molecular weight is 486 g/mol. The zero-order chi connectivity index (χ0) is 25.3. The highest BCUT2D eigenvalue weighted by Crippen LogP contribution is 2.40. The third kappa shape index (κ3) is 5.55. The van der Waals surface area contributed by atoms with E-state index in [1.807, 2.05) is 78.9 Å². The van der Waals surface area contributed by atoms with Crippen LogP contribution in [0.3, 0.4) is 0 Å². The van der Waals surface area contributed by atoms with Crippen LogP contribution in [0.15, 0.2) is 89.2 Å². The molecular formula is C28H27N3O5. The van der Waals surface area contributed by atoms with E-state index >= 15 is 0 Å². The van der Waals surface area contributed by atoms with Gasteiger partial charge in [0.25, 0.3) is 5.91 Å². The molecule has 1 heterocycles. The van der Waals surface area contributed by atoms with Crippen LogP contribution in [0.1, 0.15) is 22.6 Å². The van der Waals surface area contributed by atoms with E-state index in [0.717, 1.165) is 16.7 Å². The number of methoxy groups -OCH3 is 3. The zero-order valence-corrected chi connectivity index (χ0v) is 20.3. The topological polar surface area (TPSA) is 90.7 Å². The molecular weight excluding hydrogens is 458 g/mol. The number of nitrogens with zero attached hydrogens (tertiary/aromatic N) is 2. The van der Waals surface area contributed by atoms with Gasteiger partial charge >= 0.3 is 0 Å². The summed E-state index contributed by atoms with van der Waals surface area (Å²) in [5, 5.41) is 11.4. The number of carbonyl (C=O) groups is 1. The summed E-state index contributed by atoms with van der Waals surface area (Å²) in [5.74, 6) is 1.09. The van der Waals surface area contributed by atoms with Crippen LogP contribution in [0.5, 0.6) is 17.2 Å². The van der Waals surface area contributed by atoms with Gasteiger partial charge in [0.15, 0.2) is 18.1 Å². The lowest BCUT2D eigenvalue weighted by molar-refractivity contribution is -0.122. The highest BCUT2D eigenvalue weighted by atomic mass is 16.5. The molecule has 0 saturated carbocycles. The van der Waals surface area contributed by atoms with Gasteiger partial charge in [-0.05, 0) is 29.3 Å². The standard InChI is InChI=1S/C28H27N3O5/c1-33-22-16-21(17-23(34-2)27(22)35-3)26-25(20-12-8-5-9-13-20)28(31-30-26)36-18-24(32)29-15-14-19-10-6-4-7-11-19/h4-17,25H,18H2,1-3H3,(H,29,32)/b15-14+. The van der Waals surface area contributed by atoms with Crippen molar-refractivity contribution in [2.45, 2.75) is 5.92 Å². The Morgan fingerprint density at radius 3 is 2.14 bits per heavy atom. The SMILES string of the molecule is COc1cc(C2=NN=C(OCC(=O)N/C=C/c3ccccc3)C2c2ccccc2)cc(OC)c1OC. The molecule has 1 atom stereocenters. The summed E-state index contributed by atoms with van der Waals surface area (Å²) in [4.78, 5) is 12.4. The molecule has 0 fully saturated rings. The number of hydrogen-bond donors (Lipinski definition) is 1. The maximum atomic E-state index is 12.4. The predicted molar refractivity (Wildman–Crippen MR) is 139 cm³/mol. The van der Waals surface area contributed by atoms with Gasteiger partial charge in [-0.3, -0.25) is 4.79 Å². The fourth-order valence-electron chi connectivity index (χ4n) is 3.82. The Labute approximate surface area is 209 Å². The summed E-state index contributed by atoms with van der Waals surface area (Å²) in [5.41, 5.74) is 3.27. The smallest absolute Gasteiger partial charge is 0.261 e. The first-order valence-corrected chi connectivity index (χ1v) is 11.3. The minimum absolute atomic E-state index is 0.209. The van der Waals surface area contributed by atoms with Crippen molar-refractivity contribution in [1.29, 1.82) is 0 Å². The molecule has 184 valence electrons. The Bertz CT molecular complexity index is 1260. The van der Waals surface area contributed by atoms with E-state index in [-0.39, 0.29) is 12.5 Å². The van der Waals surface area contributed by atoms with Crippen LogP contribution in [0.25, 0.3) is 6.08 Å². The van der Waals surface area contributed by atoms with E-state index < -0.39 is 5.92 Å². The van der Waals surface area contributed by atoms with E-state index in [1.54, 1.807) is 27.5 Å². The van der Waals surface area contributed by atoms with Crippen LogP contribution in [-0.4, -0.2) is 45.5 Å². The Hall–Kier alpha value is -4.59. The number of amides is 1. The molecule has 0 saturated heterocycles. The molecule has 4 rings (SSSR count). The first kappa shape index (κ1) is 24.5. The van der Waals surface area contributed by atoms with Crippen molar-refractivity contribution in [3.05, 3.63) is 95.7 Å².